The van der Waals surface area contributed by atoms with E-state index in [-0.39, 0.29) is 16.7 Å². The molecule has 0 heterocycles. The van der Waals surface area contributed by atoms with Crippen molar-refractivity contribution in [2.45, 2.75) is 38.5 Å². The van der Waals surface area contributed by atoms with Crippen molar-refractivity contribution in [2.75, 3.05) is 7.11 Å². The van der Waals surface area contributed by atoms with Crippen molar-refractivity contribution in [3.8, 4) is 6.07 Å². The number of aliphatic hydroxyl groups excluding tert-OH is 1. The molecule has 4 saturated carbocycles. The molecule has 0 aliphatic heterocycles. The molecule has 0 aromatic carbocycles. The van der Waals surface area contributed by atoms with Crippen LogP contribution in [0.2, 0.25) is 0 Å². The maximum atomic E-state index is 11.6. The van der Waals surface area contributed by atoms with Crippen molar-refractivity contribution in [1.29, 1.82) is 5.26 Å². The number of methoxy groups -OCH3 is 1. The minimum atomic E-state index is -0.712. The van der Waals surface area contributed by atoms with E-state index in [1.165, 1.54) is 26.4 Å². The molecule has 0 atom stereocenters. The zero-order valence-corrected chi connectivity index (χ0v) is 11.2. The quantitative estimate of drug-likeness (QED) is 0.359. The summed E-state index contributed by atoms with van der Waals surface area (Å²) < 4.78 is 4.61. The summed E-state index contributed by atoms with van der Waals surface area (Å²) in [5.74, 6) is 1.26. The van der Waals surface area contributed by atoms with Crippen LogP contribution in [0.15, 0.2) is 11.3 Å². The third kappa shape index (κ3) is 1.83. The number of hydrogen-bond acceptors (Lipinski definition) is 4. The summed E-state index contributed by atoms with van der Waals surface area (Å²) >= 11 is 0. The van der Waals surface area contributed by atoms with Crippen molar-refractivity contribution in [3.63, 3.8) is 0 Å². The molecule has 4 aliphatic carbocycles. The lowest BCUT2D eigenvalue weighted by Crippen LogP contribution is -2.47. The first-order valence-electron chi connectivity index (χ1n) is 7.00. The second-order valence-corrected chi connectivity index (χ2v) is 6.52. The Balaban J connectivity index is 1.99. The summed E-state index contributed by atoms with van der Waals surface area (Å²) in [6.07, 6.45) is 6.54. The van der Waals surface area contributed by atoms with Gasteiger partial charge >= 0.3 is 5.97 Å². The molecule has 19 heavy (non-hydrogen) atoms. The number of allylic oxidation sites excluding steroid dienone is 1. The number of aliphatic hydroxyl groups is 1. The van der Waals surface area contributed by atoms with E-state index in [1.54, 1.807) is 0 Å². The van der Waals surface area contributed by atoms with Crippen LogP contribution in [0.3, 0.4) is 0 Å². The highest BCUT2D eigenvalue weighted by atomic mass is 16.5. The smallest absolute Gasteiger partial charge is 0.352 e. The van der Waals surface area contributed by atoms with E-state index in [0.717, 1.165) is 19.3 Å². The average molecular weight is 261 g/mol. The molecule has 1 N–H and O–H groups in total. The summed E-state index contributed by atoms with van der Waals surface area (Å²) in [5, 5.41) is 19.7. The largest absolute Gasteiger partial charge is 0.510 e. The second-order valence-electron chi connectivity index (χ2n) is 6.52. The molecule has 0 spiro atoms. The van der Waals surface area contributed by atoms with Gasteiger partial charge in [-0.25, -0.2) is 4.79 Å². The van der Waals surface area contributed by atoms with Crippen molar-refractivity contribution in [3.05, 3.63) is 11.3 Å². The monoisotopic (exact) mass is 261 g/mol. The van der Waals surface area contributed by atoms with Gasteiger partial charge in [0.25, 0.3) is 0 Å². The van der Waals surface area contributed by atoms with Crippen LogP contribution in [0.4, 0.5) is 0 Å². The van der Waals surface area contributed by atoms with Gasteiger partial charge in [-0.2, -0.15) is 5.26 Å². The first kappa shape index (κ1) is 12.5. The fourth-order valence-corrected chi connectivity index (χ4v) is 4.96. The molecule has 0 unspecified atom stereocenters. The average Bonchev–Trinajstić information content (AvgIpc) is 2.37. The van der Waals surface area contributed by atoms with Crippen molar-refractivity contribution < 1.29 is 14.6 Å². The van der Waals surface area contributed by atoms with Gasteiger partial charge in [0.2, 0.25) is 0 Å². The van der Waals surface area contributed by atoms with E-state index >= 15 is 0 Å². The number of nitriles is 1. The van der Waals surface area contributed by atoms with Crippen LogP contribution in [-0.2, 0) is 9.53 Å². The molecule has 0 aromatic heterocycles. The Morgan fingerprint density at radius 1 is 1.21 bits per heavy atom. The van der Waals surface area contributed by atoms with Gasteiger partial charge in [-0.1, -0.05) is 0 Å². The van der Waals surface area contributed by atoms with Crippen molar-refractivity contribution in [2.24, 2.45) is 23.2 Å². The summed E-state index contributed by atoms with van der Waals surface area (Å²) in [7, 11) is 1.24. The Bertz CT molecular complexity index is 451. The molecule has 4 aliphatic rings. The minimum absolute atomic E-state index is 0.000880. The molecule has 4 fully saturated rings. The Hall–Kier alpha value is -1.50. The second kappa shape index (κ2) is 4.26. The van der Waals surface area contributed by atoms with Crippen LogP contribution < -0.4 is 0 Å². The molecule has 4 bridgehead atoms. The molecule has 0 aromatic rings. The van der Waals surface area contributed by atoms with Crippen LogP contribution in [0.1, 0.15) is 38.5 Å². The van der Waals surface area contributed by atoms with E-state index in [0.29, 0.717) is 17.8 Å². The molecular formula is C15H19NO3. The third-order valence-corrected chi connectivity index (χ3v) is 5.28. The Labute approximate surface area is 113 Å². The predicted octanol–water partition coefficient (Wildman–Crippen LogP) is 2.71. The van der Waals surface area contributed by atoms with E-state index < -0.39 is 5.97 Å². The summed E-state index contributed by atoms with van der Waals surface area (Å²) in [6, 6.07) is 1.83. The molecule has 0 saturated heterocycles. The van der Waals surface area contributed by atoms with Crippen LogP contribution in [0, 0.1) is 34.5 Å². The molecule has 4 rings (SSSR count). The first-order chi connectivity index (χ1) is 9.08. The number of esters is 1. The number of rotatable bonds is 2. The molecule has 102 valence electrons. The van der Waals surface area contributed by atoms with Crippen molar-refractivity contribution >= 4 is 5.97 Å². The van der Waals surface area contributed by atoms with Crippen LogP contribution >= 0.6 is 0 Å². The highest BCUT2D eigenvalue weighted by Gasteiger charge is 2.54. The summed E-state index contributed by atoms with van der Waals surface area (Å²) in [6.45, 7) is 0. The number of ether oxygens (including phenoxy) is 1. The van der Waals surface area contributed by atoms with Gasteiger partial charge in [-0.05, 0) is 56.3 Å². The Morgan fingerprint density at radius 2 is 1.68 bits per heavy atom. The van der Waals surface area contributed by atoms with Crippen LogP contribution in [0.5, 0.6) is 0 Å². The van der Waals surface area contributed by atoms with E-state index in [9.17, 15) is 9.90 Å². The lowest BCUT2D eigenvalue weighted by atomic mass is 9.49. The molecule has 4 heteroatoms. The minimum Gasteiger partial charge on any atom is -0.510 e. The SMILES string of the molecule is COC(=O)/C(C#N)=C(\O)C12CC3CC(CC(C3)C1)C2. The molecule has 0 radical (unpaired) electrons. The zero-order chi connectivity index (χ0) is 13.6. The Kier molecular flexibility index (Phi) is 2.81. The van der Waals surface area contributed by atoms with E-state index in [1.807, 2.05) is 6.07 Å². The number of nitrogens with zero attached hydrogens (tertiary/aromatic N) is 1. The number of carbonyl (C=O) groups excluding carboxylic acids is 1. The fourth-order valence-electron chi connectivity index (χ4n) is 4.96. The van der Waals surface area contributed by atoms with Gasteiger partial charge in [0.05, 0.1) is 7.11 Å². The van der Waals surface area contributed by atoms with Crippen LogP contribution in [-0.4, -0.2) is 18.2 Å². The maximum Gasteiger partial charge on any atom is 0.352 e. The summed E-state index contributed by atoms with van der Waals surface area (Å²) in [5.41, 5.74) is -0.516. The zero-order valence-electron chi connectivity index (χ0n) is 11.2. The molecule has 4 nitrogen and oxygen atoms in total. The van der Waals surface area contributed by atoms with Gasteiger partial charge in [-0.3, -0.25) is 0 Å². The number of hydrogen-bond donors (Lipinski definition) is 1. The van der Waals surface area contributed by atoms with Gasteiger partial charge < -0.3 is 9.84 Å². The standard InChI is InChI=1S/C15H19NO3/c1-19-14(18)12(8-16)13(17)15-5-9-2-10(6-15)4-11(3-9)7-15/h9-11,17H,2-7H2,1H3/b13-12-. The highest BCUT2D eigenvalue weighted by molar-refractivity contribution is 5.93. The van der Waals surface area contributed by atoms with Gasteiger partial charge in [0, 0.05) is 5.41 Å². The fraction of sp³-hybridized carbons (Fsp3) is 0.733. The molecule has 0 amide bonds. The van der Waals surface area contributed by atoms with Gasteiger partial charge in [-0.15, -0.1) is 0 Å². The molecular weight excluding hydrogens is 242 g/mol. The topological polar surface area (TPSA) is 70.3 Å². The first-order valence-corrected chi connectivity index (χ1v) is 7.00. The normalized spacial score (nSPS) is 40.5. The lowest BCUT2D eigenvalue weighted by Gasteiger charge is -2.56. The third-order valence-electron chi connectivity index (χ3n) is 5.28. The van der Waals surface area contributed by atoms with E-state index in [4.69, 9.17) is 5.26 Å². The number of carbonyl (C=O) groups is 1. The Morgan fingerprint density at radius 3 is 2.05 bits per heavy atom. The highest BCUT2D eigenvalue weighted by Crippen LogP contribution is 2.62. The van der Waals surface area contributed by atoms with Gasteiger partial charge in [0.1, 0.15) is 11.8 Å². The maximum absolute atomic E-state index is 11.6. The predicted molar refractivity (Wildman–Crippen MR) is 67.9 cm³/mol. The summed E-state index contributed by atoms with van der Waals surface area (Å²) in [4.78, 5) is 11.6. The van der Waals surface area contributed by atoms with Crippen molar-refractivity contribution in [1.82, 2.24) is 0 Å². The van der Waals surface area contributed by atoms with Gasteiger partial charge in [0.15, 0.2) is 5.57 Å². The van der Waals surface area contributed by atoms with E-state index in [2.05, 4.69) is 4.74 Å². The lowest BCUT2D eigenvalue weighted by molar-refractivity contribution is -0.136. The van der Waals surface area contributed by atoms with Crippen LogP contribution in [0.25, 0.3) is 0 Å².